The number of amides is 1. The van der Waals surface area contributed by atoms with E-state index in [4.69, 9.17) is 10.5 Å². The molecular formula is C17H19FN2O2. The van der Waals surface area contributed by atoms with Crippen molar-refractivity contribution in [1.29, 1.82) is 0 Å². The quantitative estimate of drug-likeness (QED) is 0.862. The zero-order chi connectivity index (χ0) is 15.3. The minimum atomic E-state index is -0.281. The Labute approximate surface area is 128 Å². The number of rotatable bonds is 3. The topological polar surface area (TPSA) is 55.6 Å². The number of nitrogens with zero attached hydrogens (tertiary/aromatic N) is 1. The van der Waals surface area contributed by atoms with E-state index in [1.165, 1.54) is 12.1 Å². The van der Waals surface area contributed by atoms with Crippen LogP contribution in [0.15, 0.2) is 36.4 Å². The lowest BCUT2D eigenvalue weighted by atomic mass is 9.87. The number of benzene rings is 1. The first kappa shape index (κ1) is 13.8. The van der Waals surface area contributed by atoms with E-state index < -0.39 is 0 Å². The van der Waals surface area contributed by atoms with E-state index >= 15 is 0 Å². The summed E-state index contributed by atoms with van der Waals surface area (Å²) in [5, 5.41) is 0. The number of nitrogens with two attached hydrogens (primary N) is 1. The average Bonchev–Trinajstić information content (AvgIpc) is 3.04. The van der Waals surface area contributed by atoms with Crippen molar-refractivity contribution in [2.75, 3.05) is 13.1 Å². The molecule has 2 fully saturated rings. The fraction of sp³-hybridized carbons (Fsp3) is 0.471. The summed E-state index contributed by atoms with van der Waals surface area (Å²) in [6, 6.07) is 5.92. The molecule has 0 radical (unpaired) electrons. The second kappa shape index (κ2) is 5.09. The summed E-state index contributed by atoms with van der Waals surface area (Å²) in [6.45, 7) is 1.17. The Hall–Kier alpha value is -1.88. The van der Waals surface area contributed by atoms with Crippen LogP contribution in [0.2, 0.25) is 0 Å². The van der Waals surface area contributed by atoms with Crippen LogP contribution in [0.1, 0.15) is 6.42 Å². The average molecular weight is 302 g/mol. The van der Waals surface area contributed by atoms with Gasteiger partial charge in [0.25, 0.3) is 0 Å². The van der Waals surface area contributed by atoms with Gasteiger partial charge in [-0.05, 0) is 42.5 Å². The normalized spacial score (nSPS) is 33.1. The zero-order valence-electron chi connectivity index (χ0n) is 12.2. The highest BCUT2D eigenvalue weighted by Crippen LogP contribution is 2.43. The first-order valence-electron chi connectivity index (χ1n) is 7.77. The van der Waals surface area contributed by atoms with Crippen LogP contribution in [0.3, 0.4) is 0 Å². The van der Waals surface area contributed by atoms with Gasteiger partial charge in [-0.3, -0.25) is 4.79 Å². The molecule has 116 valence electrons. The van der Waals surface area contributed by atoms with E-state index in [1.54, 1.807) is 12.1 Å². The maximum absolute atomic E-state index is 12.8. The van der Waals surface area contributed by atoms with Crippen molar-refractivity contribution in [2.24, 2.45) is 23.5 Å². The first-order chi connectivity index (χ1) is 10.6. The van der Waals surface area contributed by atoms with Crippen LogP contribution in [0.5, 0.6) is 5.75 Å². The number of fused-ring (bicyclic) bond motifs is 2. The molecule has 2 aliphatic carbocycles. The van der Waals surface area contributed by atoms with E-state index in [1.807, 2.05) is 4.90 Å². The number of carbonyl (C=O) groups excluding carboxylic acids is 1. The van der Waals surface area contributed by atoms with E-state index in [9.17, 15) is 9.18 Å². The Morgan fingerprint density at radius 3 is 2.50 bits per heavy atom. The van der Waals surface area contributed by atoms with Crippen molar-refractivity contribution in [3.05, 3.63) is 42.2 Å². The molecule has 1 aromatic rings. The van der Waals surface area contributed by atoms with Crippen LogP contribution in [0.4, 0.5) is 4.39 Å². The summed E-state index contributed by atoms with van der Waals surface area (Å²) in [5.74, 6) is 1.12. The van der Waals surface area contributed by atoms with Crippen molar-refractivity contribution in [1.82, 2.24) is 4.90 Å². The molecular weight excluding hydrogens is 283 g/mol. The zero-order valence-corrected chi connectivity index (χ0v) is 12.2. The van der Waals surface area contributed by atoms with Crippen LogP contribution >= 0.6 is 0 Å². The third kappa shape index (κ3) is 2.20. The van der Waals surface area contributed by atoms with Gasteiger partial charge >= 0.3 is 0 Å². The highest BCUT2D eigenvalue weighted by Gasteiger charge is 2.49. The molecule has 2 bridgehead atoms. The molecule has 4 unspecified atom stereocenters. The molecule has 3 aliphatic rings. The Bertz CT molecular complexity index is 610. The monoisotopic (exact) mass is 302 g/mol. The van der Waals surface area contributed by atoms with E-state index in [-0.39, 0.29) is 29.8 Å². The Morgan fingerprint density at radius 2 is 1.86 bits per heavy atom. The van der Waals surface area contributed by atoms with Gasteiger partial charge in [0.2, 0.25) is 5.91 Å². The van der Waals surface area contributed by atoms with E-state index in [0.717, 1.165) is 6.42 Å². The molecule has 1 aromatic carbocycles. The second-order valence-corrected chi connectivity index (χ2v) is 6.49. The number of halogens is 1. The third-order valence-corrected chi connectivity index (χ3v) is 5.08. The third-order valence-electron chi connectivity index (χ3n) is 5.08. The molecule has 2 N–H and O–H groups in total. The Balaban J connectivity index is 1.32. The number of likely N-dealkylation sites (tertiary alicyclic amines) is 1. The van der Waals surface area contributed by atoms with Crippen molar-refractivity contribution < 1.29 is 13.9 Å². The molecule has 4 rings (SSSR count). The fourth-order valence-corrected chi connectivity index (χ4v) is 3.82. The lowest BCUT2D eigenvalue weighted by Crippen LogP contribution is -2.59. The van der Waals surface area contributed by atoms with Crippen LogP contribution in [0, 0.1) is 23.6 Å². The molecule has 1 amide bonds. The van der Waals surface area contributed by atoms with Gasteiger partial charge in [-0.25, -0.2) is 4.39 Å². The lowest BCUT2D eigenvalue weighted by Gasteiger charge is -2.41. The summed E-state index contributed by atoms with van der Waals surface area (Å²) in [4.78, 5) is 14.4. The second-order valence-electron chi connectivity index (χ2n) is 6.49. The molecule has 4 atom stereocenters. The van der Waals surface area contributed by atoms with Crippen molar-refractivity contribution in [3.63, 3.8) is 0 Å². The fourth-order valence-electron chi connectivity index (χ4n) is 3.82. The summed E-state index contributed by atoms with van der Waals surface area (Å²) in [6.07, 6.45) is 5.29. The molecule has 1 saturated heterocycles. The molecule has 22 heavy (non-hydrogen) atoms. The van der Waals surface area contributed by atoms with Gasteiger partial charge in [-0.1, -0.05) is 12.2 Å². The lowest BCUT2D eigenvalue weighted by molar-refractivity contribution is -0.145. The first-order valence-corrected chi connectivity index (χ1v) is 7.77. The predicted molar refractivity (Wildman–Crippen MR) is 79.6 cm³/mol. The predicted octanol–water partition coefficient (Wildman–Crippen LogP) is 1.56. The van der Waals surface area contributed by atoms with E-state index in [2.05, 4.69) is 12.2 Å². The molecule has 5 heteroatoms. The minimum absolute atomic E-state index is 0.0141. The summed E-state index contributed by atoms with van der Waals surface area (Å²) < 4.78 is 18.6. The summed E-state index contributed by atoms with van der Waals surface area (Å²) in [5.41, 5.74) is 6.19. The highest BCUT2D eigenvalue weighted by molar-refractivity contribution is 5.82. The molecule has 1 heterocycles. The SMILES string of the molecule is NC1C2C=CC(C2)C1C(=O)N1CC(Oc2ccc(F)cc2)C1. The van der Waals surface area contributed by atoms with Gasteiger partial charge in [0.05, 0.1) is 19.0 Å². The number of ether oxygens (including phenoxy) is 1. The summed E-state index contributed by atoms with van der Waals surface area (Å²) in [7, 11) is 0. The van der Waals surface area contributed by atoms with Crippen LogP contribution in [-0.2, 0) is 4.79 Å². The van der Waals surface area contributed by atoms with Gasteiger partial charge in [-0.2, -0.15) is 0 Å². The minimum Gasteiger partial charge on any atom is -0.487 e. The van der Waals surface area contributed by atoms with Gasteiger partial charge in [0.15, 0.2) is 0 Å². The molecule has 1 aliphatic heterocycles. The number of carbonyl (C=O) groups is 1. The number of allylic oxidation sites excluding steroid dienone is 1. The van der Waals surface area contributed by atoms with Crippen molar-refractivity contribution in [3.8, 4) is 5.75 Å². The van der Waals surface area contributed by atoms with Crippen molar-refractivity contribution >= 4 is 5.91 Å². The van der Waals surface area contributed by atoms with Gasteiger partial charge in [-0.15, -0.1) is 0 Å². The van der Waals surface area contributed by atoms with Gasteiger partial charge in [0, 0.05) is 6.04 Å². The smallest absolute Gasteiger partial charge is 0.228 e. The number of hydrogen-bond acceptors (Lipinski definition) is 3. The molecule has 1 saturated carbocycles. The van der Waals surface area contributed by atoms with Gasteiger partial charge < -0.3 is 15.4 Å². The van der Waals surface area contributed by atoms with Gasteiger partial charge in [0.1, 0.15) is 17.7 Å². The van der Waals surface area contributed by atoms with Crippen LogP contribution in [0.25, 0.3) is 0 Å². The molecule has 0 spiro atoms. The molecule has 0 aromatic heterocycles. The number of hydrogen-bond donors (Lipinski definition) is 1. The maximum atomic E-state index is 12.8. The molecule has 4 nitrogen and oxygen atoms in total. The summed E-state index contributed by atoms with van der Waals surface area (Å²) >= 11 is 0. The Kier molecular flexibility index (Phi) is 3.18. The Morgan fingerprint density at radius 1 is 1.18 bits per heavy atom. The highest BCUT2D eigenvalue weighted by atomic mass is 19.1. The van der Waals surface area contributed by atoms with Crippen LogP contribution in [-0.4, -0.2) is 36.0 Å². The largest absolute Gasteiger partial charge is 0.487 e. The maximum Gasteiger partial charge on any atom is 0.228 e. The standard InChI is InChI=1S/C17H19FN2O2/c18-12-3-5-13(6-4-12)22-14-8-20(9-14)17(21)15-10-1-2-11(7-10)16(15)19/h1-6,10-11,14-16H,7-9,19H2. The van der Waals surface area contributed by atoms with Crippen molar-refractivity contribution in [2.45, 2.75) is 18.6 Å². The van der Waals surface area contributed by atoms with Crippen LogP contribution < -0.4 is 10.5 Å². The van der Waals surface area contributed by atoms with E-state index in [0.29, 0.717) is 30.7 Å².